The Morgan fingerprint density at radius 2 is 2.24 bits per heavy atom. The van der Waals surface area contributed by atoms with E-state index in [0.29, 0.717) is 16.4 Å². The van der Waals surface area contributed by atoms with Crippen LogP contribution in [0.25, 0.3) is 0 Å². The molecule has 0 saturated carbocycles. The van der Waals surface area contributed by atoms with Crippen LogP contribution in [0.2, 0.25) is 0 Å². The lowest BCUT2D eigenvalue weighted by atomic mass is 10.0. The standard InChI is InChI=1S/C13H18BrFN2/c1-9(2)13-8-17(6-5-16-13)10-3-4-11(14)12(15)7-10/h3-4,7,9,13,16H,5-6,8H2,1-2H3. The van der Waals surface area contributed by atoms with Gasteiger partial charge in [-0.2, -0.15) is 0 Å². The van der Waals surface area contributed by atoms with Crippen LogP contribution < -0.4 is 10.2 Å². The molecule has 0 aromatic heterocycles. The van der Waals surface area contributed by atoms with Crippen molar-refractivity contribution in [1.82, 2.24) is 5.32 Å². The average molecular weight is 301 g/mol. The number of piperazine rings is 1. The molecule has 1 unspecified atom stereocenters. The van der Waals surface area contributed by atoms with Crippen LogP contribution in [-0.2, 0) is 0 Å². The predicted molar refractivity (Wildman–Crippen MR) is 72.9 cm³/mol. The number of hydrogen-bond acceptors (Lipinski definition) is 2. The van der Waals surface area contributed by atoms with Crippen LogP contribution >= 0.6 is 15.9 Å². The fourth-order valence-corrected chi connectivity index (χ4v) is 2.39. The Bertz CT molecular complexity index is 395. The van der Waals surface area contributed by atoms with Crippen molar-refractivity contribution in [2.24, 2.45) is 5.92 Å². The third-order valence-electron chi connectivity index (χ3n) is 3.28. The van der Waals surface area contributed by atoms with Gasteiger partial charge >= 0.3 is 0 Å². The summed E-state index contributed by atoms with van der Waals surface area (Å²) in [5.41, 5.74) is 0.970. The van der Waals surface area contributed by atoms with Gasteiger partial charge in [-0.05, 0) is 40.0 Å². The molecule has 1 aromatic carbocycles. The van der Waals surface area contributed by atoms with Crippen molar-refractivity contribution in [2.45, 2.75) is 19.9 Å². The van der Waals surface area contributed by atoms with E-state index in [-0.39, 0.29) is 5.82 Å². The van der Waals surface area contributed by atoms with E-state index in [4.69, 9.17) is 0 Å². The van der Waals surface area contributed by atoms with Crippen molar-refractivity contribution in [1.29, 1.82) is 0 Å². The van der Waals surface area contributed by atoms with Crippen molar-refractivity contribution in [3.63, 3.8) is 0 Å². The highest BCUT2D eigenvalue weighted by atomic mass is 79.9. The summed E-state index contributed by atoms with van der Waals surface area (Å²) in [6.45, 7) is 7.26. The molecule has 94 valence electrons. The van der Waals surface area contributed by atoms with Crippen LogP contribution in [0.3, 0.4) is 0 Å². The molecule has 4 heteroatoms. The van der Waals surface area contributed by atoms with Gasteiger partial charge in [0, 0.05) is 31.4 Å². The largest absolute Gasteiger partial charge is 0.369 e. The zero-order valence-corrected chi connectivity index (χ0v) is 11.8. The Kier molecular flexibility index (Phi) is 4.05. The highest BCUT2D eigenvalue weighted by molar-refractivity contribution is 9.10. The van der Waals surface area contributed by atoms with Crippen molar-refractivity contribution in [3.05, 3.63) is 28.5 Å². The van der Waals surface area contributed by atoms with Gasteiger partial charge in [0.25, 0.3) is 0 Å². The second kappa shape index (κ2) is 5.36. The quantitative estimate of drug-likeness (QED) is 0.903. The summed E-state index contributed by atoms with van der Waals surface area (Å²) in [5.74, 6) is 0.403. The molecule has 1 aliphatic rings. The Labute approximate surface area is 110 Å². The maximum atomic E-state index is 13.5. The molecule has 17 heavy (non-hydrogen) atoms. The highest BCUT2D eigenvalue weighted by Crippen LogP contribution is 2.23. The van der Waals surface area contributed by atoms with E-state index in [1.54, 1.807) is 12.1 Å². The smallest absolute Gasteiger partial charge is 0.139 e. The van der Waals surface area contributed by atoms with Crippen molar-refractivity contribution in [3.8, 4) is 0 Å². The van der Waals surface area contributed by atoms with Crippen molar-refractivity contribution in [2.75, 3.05) is 24.5 Å². The number of nitrogens with one attached hydrogen (secondary N) is 1. The first-order chi connectivity index (χ1) is 8.08. The summed E-state index contributed by atoms with van der Waals surface area (Å²) < 4.78 is 14.0. The van der Waals surface area contributed by atoms with Crippen LogP contribution in [0.15, 0.2) is 22.7 Å². The minimum atomic E-state index is -0.192. The average Bonchev–Trinajstić information content (AvgIpc) is 2.33. The lowest BCUT2D eigenvalue weighted by molar-refractivity contribution is 0.368. The summed E-state index contributed by atoms with van der Waals surface area (Å²) in [7, 11) is 0. The van der Waals surface area contributed by atoms with E-state index in [0.717, 1.165) is 25.3 Å². The van der Waals surface area contributed by atoms with Crippen LogP contribution in [0, 0.1) is 11.7 Å². The summed E-state index contributed by atoms with van der Waals surface area (Å²) in [6, 6.07) is 5.83. The monoisotopic (exact) mass is 300 g/mol. The van der Waals surface area contributed by atoms with Crippen LogP contribution in [0.1, 0.15) is 13.8 Å². The lowest BCUT2D eigenvalue weighted by Gasteiger charge is -2.37. The molecule has 0 amide bonds. The molecule has 0 spiro atoms. The fourth-order valence-electron chi connectivity index (χ4n) is 2.14. The Morgan fingerprint density at radius 1 is 1.47 bits per heavy atom. The third-order valence-corrected chi connectivity index (χ3v) is 3.92. The second-order valence-electron chi connectivity index (χ2n) is 4.85. The van der Waals surface area contributed by atoms with Crippen LogP contribution in [0.5, 0.6) is 0 Å². The Morgan fingerprint density at radius 3 is 2.88 bits per heavy atom. The van der Waals surface area contributed by atoms with Crippen LogP contribution in [0.4, 0.5) is 10.1 Å². The topological polar surface area (TPSA) is 15.3 Å². The molecule has 0 radical (unpaired) electrons. The zero-order valence-electron chi connectivity index (χ0n) is 10.2. The molecule has 1 saturated heterocycles. The molecular formula is C13H18BrFN2. The number of benzene rings is 1. The van der Waals surface area contributed by atoms with E-state index < -0.39 is 0 Å². The van der Waals surface area contributed by atoms with Crippen molar-refractivity contribution >= 4 is 21.6 Å². The van der Waals surface area contributed by atoms with Gasteiger partial charge in [-0.15, -0.1) is 0 Å². The van der Waals surface area contributed by atoms with E-state index in [2.05, 4.69) is 40.0 Å². The molecule has 2 nitrogen and oxygen atoms in total. The molecule has 0 bridgehead atoms. The third kappa shape index (κ3) is 2.99. The molecule has 1 atom stereocenters. The van der Waals surface area contributed by atoms with Gasteiger partial charge in [0.1, 0.15) is 5.82 Å². The fraction of sp³-hybridized carbons (Fsp3) is 0.538. The molecule has 1 fully saturated rings. The molecule has 2 rings (SSSR count). The SMILES string of the molecule is CC(C)C1CN(c2ccc(Br)c(F)c2)CCN1. The van der Waals surface area contributed by atoms with Gasteiger partial charge in [-0.3, -0.25) is 0 Å². The lowest BCUT2D eigenvalue weighted by Crippen LogP contribution is -2.53. The molecule has 1 N–H and O–H groups in total. The number of hydrogen-bond donors (Lipinski definition) is 1. The van der Waals surface area contributed by atoms with E-state index in [1.165, 1.54) is 0 Å². The summed E-state index contributed by atoms with van der Waals surface area (Å²) in [6.07, 6.45) is 0. The van der Waals surface area contributed by atoms with Crippen molar-refractivity contribution < 1.29 is 4.39 Å². The zero-order chi connectivity index (χ0) is 12.4. The minimum absolute atomic E-state index is 0.192. The highest BCUT2D eigenvalue weighted by Gasteiger charge is 2.22. The number of anilines is 1. The normalized spacial score (nSPS) is 21.0. The van der Waals surface area contributed by atoms with Gasteiger partial charge in [-0.25, -0.2) is 4.39 Å². The maximum absolute atomic E-state index is 13.5. The van der Waals surface area contributed by atoms with Gasteiger partial charge < -0.3 is 10.2 Å². The van der Waals surface area contributed by atoms with Gasteiger partial charge in [0.2, 0.25) is 0 Å². The van der Waals surface area contributed by atoms with Gasteiger partial charge in [0.15, 0.2) is 0 Å². The number of nitrogens with zero attached hydrogens (tertiary/aromatic N) is 1. The Hall–Kier alpha value is -0.610. The summed E-state index contributed by atoms with van der Waals surface area (Å²) in [5, 5.41) is 3.50. The van der Waals surface area contributed by atoms with E-state index >= 15 is 0 Å². The first-order valence-electron chi connectivity index (χ1n) is 6.01. The Balaban J connectivity index is 2.13. The van der Waals surface area contributed by atoms with Crippen LogP contribution in [-0.4, -0.2) is 25.7 Å². The molecule has 1 aromatic rings. The predicted octanol–water partition coefficient (Wildman–Crippen LogP) is 3.02. The summed E-state index contributed by atoms with van der Waals surface area (Å²) >= 11 is 3.18. The molecule has 1 heterocycles. The van der Waals surface area contributed by atoms with E-state index in [1.807, 2.05) is 6.07 Å². The van der Waals surface area contributed by atoms with Gasteiger partial charge in [0.05, 0.1) is 4.47 Å². The molecule has 1 aliphatic heterocycles. The first-order valence-corrected chi connectivity index (χ1v) is 6.80. The second-order valence-corrected chi connectivity index (χ2v) is 5.70. The van der Waals surface area contributed by atoms with E-state index in [9.17, 15) is 4.39 Å². The first kappa shape index (κ1) is 12.8. The molecular weight excluding hydrogens is 283 g/mol. The van der Waals surface area contributed by atoms with Gasteiger partial charge in [-0.1, -0.05) is 13.8 Å². The number of halogens is 2. The number of rotatable bonds is 2. The maximum Gasteiger partial charge on any atom is 0.139 e. The summed E-state index contributed by atoms with van der Waals surface area (Å²) in [4.78, 5) is 2.25. The minimum Gasteiger partial charge on any atom is -0.369 e. The molecule has 0 aliphatic carbocycles.